The largest absolute Gasteiger partial charge is 0.493 e. The molecule has 28 heavy (non-hydrogen) atoms. The molecule has 8 heteroatoms. The molecule has 140 valence electrons. The van der Waals surface area contributed by atoms with Crippen LogP contribution in [0.1, 0.15) is 16.1 Å². The molecule has 1 amide bonds. The molecule has 0 fully saturated rings. The number of amides is 1. The zero-order valence-corrected chi connectivity index (χ0v) is 15.3. The fraction of sp³-hybridized carbons (Fsp3) is 0.100. The molecule has 2 aromatic carbocycles. The molecule has 3 rings (SSSR count). The van der Waals surface area contributed by atoms with Gasteiger partial charge >= 0.3 is 0 Å². The Morgan fingerprint density at radius 1 is 1.00 bits per heavy atom. The average Bonchev–Trinajstić information content (AvgIpc) is 2.74. The summed E-state index contributed by atoms with van der Waals surface area (Å²) < 4.78 is 10.4. The van der Waals surface area contributed by atoms with E-state index in [1.807, 2.05) is 0 Å². The third-order valence-corrected chi connectivity index (χ3v) is 3.81. The first-order valence-corrected chi connectivity index (χ1v) is 8.25. The standard InChI is InChI=1S/C20H17N5O3/c1-27-17-7-6-15(9-18(17)28-2)25-20(26)16-10-19(23-12-22-16)24-14-5-3-4-13(8-14)11-21/h3-10,12H,1-2H3,(H,25,26)(H,22,23,24). The summed E-state index contributed by atoms with van der Waals surface area (Å²) in [5.41, 5.74) is 1.93. The lowest BCUT2D eigenvalue weighted by molar-refractivity contribution is 0.102. The van der Waals surface area contributed by atoms with Crippen molar-refractivity contribution in [2.24, 2.45) is 0 Å². The van der Waals surface area contributed by atoms with Crippen molar-refractivity contribution in [3.8, 4) is 17.6 Å². The minimum absolute atomic E-state index is 0.184. The van der Waals surface area contributed by atoms with Gasteiger partial charge in [-0.15, -0.1) is 0 Å². The van der Waals surface area contributed by atoms with Gasteiger partial charge in [-0.25, -0.2) is 9.97 Å². The van der Waals surface area contributed by atoms with Crippen molar-refractivity contribution in [2.75, 3.05) is 24.9 Å². The molecule has 0 unspecified atom stereocenters. The first kappa shape index (κ1) is 18.7. The van der Waals surface area contributed by atoms with Gasteiger partial charge in [0.2, 0.25) is 0 Å². The Kier molecular flexibility index (Phi) is 5.67. The first-order valence-electron chi connectivity index (χ1n) is 8.25. The van der Waals surface area contributed by atoms with Gasteiger partial charge in [-0.1, -0.05) is 6.07 Å². The zero-order valence-electron chi connectivity index (χ0n) is 15.3. The number of carbonyl (C=O) groups excluding carboxylic acids is 1. The first-order chi connectivity index (χ1) is 13.6. The molecule has 0 spiro atoms. The van der Waals surface area contributed by atoms with Crippen LogP contribution < -0.4 is 20.1 Å². The number of nitrogens with one attached hydrogen (secondary N) is 2. The monoisotopic (exact) mass is 375 g/mol. The average molecular weight is 375 g/mol. The smallest absolute Gasteiger partial charge is 0.274 e. The number of hydrogen-bond acceptors (Lipinski definition) is 7. The van der Waals surface area contributed by atoms with Crippen molar-refractivity contribution in [3.63, 3.8) is 0 Å². The predicted molar refractivity (Wildman–Crippen MR) is 104 cm³/mol. The SMILES string of the molecule is COc1ccc(NC(=O)c2cc(Nc3cccc(C#N)c3)ncn2)cc1OC. The molecule has 0 saturated heterocycles. The molecular weight excluding hydrogens is 358 g/mol. The van der Waals surface area contributed by atoms with E-state index in [1.165, 1.54) is 26.6 Å². The lowest BCUT2D eigenvalue weighted by atomic mass is 10.2. The van der Waals surface area contributed by atoms with Crippen LogP contribution in [0.4, 0.5) is 17.2 Å². The number of ether oxygens (including phenoxy) is 2. The maximum atomic E-state index is 12.5. The minimum Gasteiger partial charge on any atom is -0.493 e. The Hall–Kier alpha value is -4.12. The maximum absolute atomic E-state index is 12.5. The van der Waals surface area contributed by atoms with Gasteiger partial charge in [-0.05, 0) is 30.3 Å². The molecule has 0 radical (unpaired) electrons. The molecule has 0 bridgehead atoms. The second-order valence-corrected chi connectivity index (χ2v) is 5.63. The summed E-state index contributed by atoms with van der Waals surface area (Å²) in [6.07, 6.45) is 1.29. The summed E-state index contributed by atoms with van der Waals surface area (Å²) in [7, 11) is 3.06. The van der Waals surface area contributed by atoms with Gasteiger partial charge < -0.3 is 20.1 Å². The number of anilines is 3. The summed E-state index contributed by atoms with van der Waals surface area (Å²) in [5, 5.41) is 14.8. The number of nitrogens with zero attached hydrogens (tertiary/aromatic N) is 3. The summed E-state index contributed by atoms with van der Waals surface area (Å²) in [5.74, 6) is 1.10. The summed E-state index contributed by atoms with van der Waals surface area (Å²) in [6.45, 7) is 0. The van der Waals surface area contributed by atoms with Gasteiger partial charge in [0.25, 0.3) is 5.91 Å². The number of nitriles is 1. The Labute approximate surface area is 161 Å². The molecule has 1 aromatic heterocycles. The van der Waals surface area contributed by atoms with E-state index < -0.39 is 5.91 Å². The van der Waals surface area contributed by atoms with E-state index in [0.29, 0.717) is 34.3 Å². The highest BCUT2D eigenvalue weighted by molar-refractivity contribution is 6.03. The highest BCUT2D eigenvalue weighted by Gasteiger charge is 2.12. The molecular formula is C20H17N5O3. The van der Waals surface area contributed by atoms with Gasteiger partial charge in [0.05, 0.1) is 25.9 Å². The summed E-state index contributed by atoms with van der Waals surface area (Å²) in [4.78, 5) is 20.7. The van der Waals surface area contributed by atoms with E-state index in [0.717, 1.165) is 0 Å². The van der Waals surface area contributed by atoms with Crippen LogP contribution in [-0.2, 0) is 0 Å². The second-order valence-electron chi connectivity index (χ2n) is 5.63. The van der Waals surface area contributed by atoms with Crippen LogP contribution in [0.25, 0.3) is 0 Å². The summed E-state index contributed by atoms with van der Waals surface area (Å²) >= 11 is 0. The van der Waals surface area contributed by atoms with Crippen LogP contribution in [0.2, 0.25) is 0 Å². The highest BCUT2D eigenvalue weighted by atomic mass is 16.5. The van der Waals surface area contributed by atoms with Crippen molar-refractivity contribution in [3.05, 3.63) is 66.1 Å². The second kappa shape index (κ2) is 8.51. The quantitative estimate of drug-likeness (QED) is 0.680. The van der Waals surface area contributed by atoms with E-state index in [9.17, 15) is 4.79 Å². The van der Waals surface area contributed by atoms with Gasteiger partial charge in [0.15, 0.2) is 11.5 Å². The van der Waals surface area contributed by atoms with Gasteiger partial charge in [0, 0.05) is 23.5 Å². The maximum Gasteiger partial charge on any atom is 0.274 e. The van der Waals surface area contributed by atoms with Crippen LogP contribution in [0.3, 0.4) is 0 Å². The fourth-order valence-electron chi connectivity index (χ4n) is 2.47. The van der Waals surface area contributed by atoms with Crippen LogP contribution in [0, 0.1) is 11.3 Å². The van der Waals surface area contributed by atoms with Gasteiger partial charge in [0.1, 0.15) is 17.8 Å². The van der Waals surface area contributed by atoms with Crippen molar-refractivity contribution >= 4 is 23.1 Å². The Bertz CT molecular complexity index is 1050. The normalized spacial score (nSPS) is 9.89. The lowest BCUT2D eigenvalue weighted by Gasteiger charge is -2.11. The number of methoxy groups -OCH3 is 2. The van der Waals surface area contributed by atoms with E-state index in [1.54, 1.807) is 42.5 Å². The van der Waals surface area contributed by atoms with Crippen molar-refractivity contribution in [1.82, 2.24) is 9.97 Å². The Balaban J connectivity index is 1.76. The molecule has 3 aromatic rings. The molecule has 2 N–H and O–H groups in total. The van der Waals surface area contributed by atoms with E-state index in [-0.39, 0.29) is 5.69 Å². The lowest BCUT2D eigenvalue weighted by Crippen LogP contribution is -2.14. The molecule has 1 heterocycles. The third kappa shape index (κ3) is 4.34. The molecule has 8 nitrogen and oxygen atoms in total. The fourth-order valence-corrected chi connectivity index (χ4v) is 2.47. The Morgan fingerprint density at radius 2 is 1.82 bits per heavy atom. The zero-order chi connectivity index (χ0) is 19.9. The van der Waals surface area contributed by atoms with Crippen molar-refractivity contribution in [1.29, 1.82) is 5.26 Å². The van der Waals surface area contributed by atoms with Crippen molar-refractivity contribution in [2.45, 2.75) is 0 Å². The van der Waals surface area contributed by atoms with Crippen LogP contribution >= 0.6 is 0 Å². The van der Waals surface area contributed by atoms with Gasteiger partial charge in [-0.3, -0.25) is 4.79 Å². The van der Waals surface area contributed by atoms with E-state index >= 15 is 0 Å². The highest BCUT2D eigenvalue weighted by Crippen LogP contribution is 2.29. The van der Waals surface area contributed by atoms with Crippen molar-refractivity contribution < 1.29 is 14.3 Å². The number of benzene rings is 2. The summed E-state index contributed by atoms with van der Waals surface area (Å²) in [6, 6.07) is 15.6. The molecule has 0 aliphatic carbocycles. The number of rotatable bonds is 6. The van der Waals surface area contributed by atoms with Crippen LogP contribution in [0.15, 0.2) is 54.9 Å². The predicted octanol–water partition coefficient (Wildman–Crippen LogP) is 3.36. The number of hydrogen-bond donors (Lipinski definition) is 2. The van der Waals surface area contributed by atoms with Gasteiger partial charge in [-0.2, -0.15) is 5.26 Å². The molecule has 0 atom stereocenters. The minimum atomic E-state index is -0.400. The molecule has 0 aliphatic heterocycles. The Morgan fingerprint density at radius 3 is 2.57 bits per heavy atom. The number of aromatic nitrogens is 2. The van der Waals surface area contributed by atoms with E-state index in [4.69, 9.17) is 14.7 Å². The van der Waals surface area contributed by atoms with Crippen LogP contribution in [0.5, 0.6) is 11.5 Å². The molecule has 0 aliphatic rings. The molecule has 0 saturated carbocycles. The van der Waals surface area contributed by atoms with E-state index in [2.05, 4.69) is 26.7 Å². The topological polar surface area (TPSA) is 109 Å². The number of carbonyl (C=O) groups is 1. The third-order valence-electron chi connectivity index (χ3n) is 3.81. The van der Waals surface area contributed by atoms with Crippen LogP contribution in [-0.4, -0.2) is 30.1 Å².